The van der Waals surface area contributed by atoms with Gasteiger partial charge in [0.1, 0.15) is 0 Å². The molecule has 1 fully saturated rings. The molecule has 5 heteroatoms. The van der Waals surface area contributed by atoms with E-state index in [2.05, 4.69) is 17.1 Å². The number of aryl methyl sites for hydroxylation is 2. The molecule has 1 unspecified atom stereocenters. The lowest BCUT2D eigenvalue weighted by Gasteiger charge is -2.31. The minimum atomic E-state index is 0.0787. The Bertz CT molecular complexity index is 677. The van der Waals surface area contributed by atoms with E-state index >= 15 is 0 Å². The van der Waals surface area contributed by atoms with Crippen molar-refractivity contribution in [3.8, 4) is 0 Å². The number of fused-ring (bicyclic) bond motifs is 1. The summed E-state index contributed by atoms with van der Waals surface area (Å²) in [6, 6.07) is 1.90. The average Bonchev–Trinajstić information content (AvgIpc) is 2.87. The molecule has 0 N–H and O–H groups in total. The van der Waals surface area contributed by atoms with Gasteiger partial charge in [-0.15, -0.1) is 0 Å². The van der Waals surface area contributed by atoms with Crippen LogP contribution in [0.4, 0.5) is 0 Å². The molecule has 0 saturated carbocycles. The number of amides is 1. The highest BCUT2D eigenvalue weighted by Crippen LogP contribution is 2.25. The second kappa shape index (κ2) is 5.47. The van der Waals surface area contributed by atoms with Crippen molar-refractivity contribution in [1.29, 1.82) is 0 Å². The highest BCUT2D eigenvalue weighted by molar-refractivity contribution is 6.06. The number of pyridine rings is 1. The van der Waals surface area contributed by atoms with Gasteiger partial charge in [-0.3, -0.25) is 4.79 Å². The topological polar surface area (TPSA) is 59.2 Å². The summed E-state index contributed by atoms with van der Waals surface area (Å²) < 4.78 is 5.26. The molecule has 112 valence electrons. The van der Waals surface area contributed by atoms with E-state index in [4.69, 9.17) is 4.52 Å². The molecule has 0 aromatic carbocycles. The van der Waals surface area contributed by atoms with Gasteiger partial charge in [0, 0.05) is 18.8 Å². The normalized spacial score (nSPS) is 19.2. The van der Waals surface area contributed by atoms with Crippen molar-refractivity contribution in [3.63, 3.8) is 0 Å². The van der Waals surface area contributed by atoms with Crippen LogP contribution in [0.2, 0.25) is 0 Å². The van der Waals surface area contributed by atoms with Crippen molar-refractivity contribution in [3.05, 3.63) is 23.0 Å². The van der Waals surface area contributed by atoms with Crippen LogP contribution >= 0.6 is 0 Å². The number of aromatic nitrogens is 2. The Kier molecular flexibility index (Phi) is 3.66. The third kappa shape index (κ3) is 2.52. The molecular weight excluding hydrogens is 266 g/mol. The van der Waals surface area contributed by atoms with E-state index in [0.717, 1.165) is 42.7 Å². The zero-order valence-electron chi connectivity index (χ0n) is 12.8. The van der Waals surface area contributed by atoms with Gasteiger partial charge >= 0.3 is 0 Å². The highest BCUT2D eigenvalue weighted by Gasteiger charge is 2.26. The molecule has 21 heavy (non-hydrogen) atoms. The minimum Gasteiger partial charge on any atom is -0.338 e. The van der Waals surface area contributed by atoms with Crippen molar-refractivity contribution in [2.24, 2.45) is 5.92 Å². The quantitative estimate of drug-likeness (QED) is 0.852. The number of piperidine rings is 1. The van der Waals surface area contributed by atoms with E-state index < -0.39 is 0 Å². The van der Waals surface area contributed by atoms with Gasteiger partial charge in [0.2, 0.25) is 0 Å². The monoisotopic (exact) mass is 287 g/mol. The summed E-state index contributed by atoms with van der Waals surface area (Å²) in [5.41, 5.74) is 2.76. The predicted molar refractivity (Wildman–Crippen MR) is 80.2 cm³/mol. The van der Waals surface area contributed by atoms with Gasteiger partial charge in [-0.25, -0.2) is 4.98 Å². The summed E-state index contributed by atoms with van der Waals surface area (Å²) >= 11 is 0. The summed E-state index contributed by atoms with van der Waals surface area (Å²) in [4.78, 5) is 19.3. The van der Waals surface area contributed by atoms with Gasteiger partial charge in [-0.2, -0.15) is 0 Å². The maximum atomic E-state index is 12.9. The first-order chi connectivity index (χ1) is 10.1. The van der Waals surface area contributed by atoms with Crippen LogP contribution in [0.15, 0.2) is 10.6 Å². The molecular formula is C16H21N3O2. The molecule has 1 aliphatic rings. The maximum absolute atomic E-state index is 12.9. The molecule has 0 bridgehead atoms. The van der Waals surface area contributed by atoms with Crippen LogP contribution in [-0.2, 0) is 6.42 Å². The fourth-order valence-corrected chi connectivity index (χ4v) is 3.04. The van der Waals surface area contributed by atoms with Crippen molar-refractivity contribution in [2.75, 3.05) is 13.1 Å². The molecule has 2 aromatic heterocycles. The van der Waals surface area contributed by atoms with E-state index in [1.807, 2.05) is 24.8 Å². The summed E-state index contributed by atoms with van der Waals surface area (Å²) in [6.07, 6.45) is 3.04. The number of hydrogen-bond donors (Lipinski definition) is 0. The van der Waals surface area contributed by atoms with E-state index in [0.29, 0.717) is 17.2 Å². The lowest BCUT2D eigenvalue weighted by atomic mass is 9.99. The van der Waals surface area contributed by atoms with Crippen LogP contribution in [0.5, 0.6) is 0 Å². The fraction of sp³-hybridized carbons (Fsp3) is 0.562. The van der Waals surface area contributed by atoms with E-state index in [9.17, 15) is 4.79 Å². The maximum Gasteiger partial charge on any atom is 0.258 e. The lowest BCUT2D eigenvalue weighted by Crippen LogP contribution is -2.39. The SMILES string of the molecule is CCc1cc(C(=O)N2CCCC(C)C2)c2c(C)noc2n1. The van der Waals surface area contributed by atoms with Crippen molar-refractivity contribution in [2.45, 2.75) is 40.0 Å². The molecule has 1 amide bonds. The first kappa shape index (κ1) is 14.0. The van der Waals surface area contributed by atoms with Crippen LogP contribution in [0, 0.1) is 12.8 Å². The standard InChI is InChI=1S/C16H21N3O2/c1-4-12-8-13(14-11(3)18-21-15(14)17-12)16(20)19-7-5-6-10(2)9-19/h8,10H,4-7,9H2,1-3H3. The van der Waals surface area contributed by atoms with E-state index in [-0.39, 0.29) is 5.91 Å². The van der Waals surface area contributed by atoms with Crippen molar-refractivity contribution in [1.82, 2.24) is 15.0 Å². The molecule has 3 heterocycles. The predicted octanol–water partition coefficient (Wildman–Crippen LogP) is 2.97. The molecule has 0 spiro atoms. The fourth-order valence-electron chi connectivity index (χ4n) is 3.04. The van der Waals surface area contributed by atoms with Crippen LogP contribution in [-0.4, -0.2) is 34.0 Å². The third-order valence-corrected chi connectivity index (χ3v) is 4.21. The Hall–Kier alpha value is -1.91. The summed E-state index contributed by atoms with van der Waals surface area (Å²) in [7, 11) is 0. The van der Waals surface area contributed by atoms with Crippen molar-refractivity contribution >= 4 is 17.0 Å². The van der Waals surface area contributed by atoms with Crippen molar-refractivity contribution < 1.29 is 9.32 Å². The van der Waals surface area contributed by atoms with E-state index in [1.165, 1.54) is 6.42 Å². The van der Waals surface area contributed by atoms with Crippen LogP contribution in [0.3, 0.4) is 0 Å². The zero-order valence-corrected chi connectivity index (χ0v) is 12.8. The van der Waals surface area contributed by atoms with Gasteiger partial charge < -0.3 is 9.42 Å². The molecule has 1 atom stereocenters. The Morgan fingerprint density at radius 3 is 3.05 bits per heavy atom. The first-order valence-corrected chi connectivity index (χ1v) is 7.65. The third-order valence-electron chi connectivity index (χ3n) is 4.21. The molecule has 1 saturated heterocycles. The minimum absolute atomic E-state index is 0.0787. The van der Waals surface area contributed by atoms with Gasteiger partial charge in [0.05, 0.1) is 16.6 Å². The van der Waals surface area contributed by atoms with Gasteiger partial charge in [-0.1, -0.05) is 19.0 Å². The first-order valence-electron chi connectivity index (χ1n) is 7.65. The summed E-state index contributed by atoms with van der Waals surface area (Å²) in [6.45, 7) is 7.74. The van der Waals surface area contributed by atoms with Gasteiger partial charge in [0.15, 0.2) is 0 Å². The second-order valence-electron chi connectivity index (χ2n) is 5.96. The molecule has 0 aliphatic carbocycles. The summed E-state index contributed by atoms with van der Waals surface area (Å²) in [5.74, 6) is 0.643. The van der Waals surface area contributed by atoms with Gasteiger partial charge in [0.25, 0.3) is 11.6 Å². The lowest BCUT2D eigenvalue weighted by molar-refractivity contribution is 0.0685. The second-order valence-corrected chi connectivity index (χ2v) is 5.96. The van der Waals surface area contributed by atoms with E-state index in [1.54, 1.807) is 0 Å². The average molecular weight is 287 g/mol. The number of carbonyl (C=O) groups is 1. The van der Waals surface area contributed by atoms with Crippen LogP contribution in [0.1, 0.15) is 48.4 Å². The number of hydrogen-bond acceptors (Lipinski definition) is 4. The zero-order chi connectivity index (χ0) is 15.0. The number of carbonyl (C=O) groups excluding carboxylic acids is 1. The Morgan fingerprint density at radius 1 is 1.52 bits per heavy atom. The Morgan fingerprint density at radius 2 is 2.33 bits per heavy atom. The molecule has 5 nitrogen and oxygen atoms in total. The Balaban J connectivity index is 2.05. The van der Waals surface area contributed by atoms with Crippen LogP contribution in [0.25, 0.3) is 11.1 Å². The largest absolute Gasteiger partial charge is 0.338 e. The molecule has 2 aromatic rings. The smallest absolute Gasteiger partial charge is 0.258 e. The molecule has 0 radical (unpaired) electrons. The molecule has 1 aliphatic heterocycles. The highest BCUT2D eigenvalue weighted by atomic mass is 16.5. The molecule has 3 rings (SSSR count). The Labute approximate surface area is 124 Å². The number of nitrogens with zero attached hydrogens (tertiary/aromatic N) is 3. The number of likely N-dealkylation sites (tertiary alicyclic amines) is 1. The number of rotatable bonds is 2. The van der Waals surface area contributed by atoms with Crippen LogP contribution < -0.4 is 0 Å². The summed E-state index contributed by atoms with van der Waals surface area (Å²) in [5, 5.41) is 4.73. The van der Waals surface area contributed by atoms with Gasteiger partial charge in [-0.05, 0) is 38.2 Å².